The van der Waals surface area contributed by atoms with Gasteiger partial charge in [0, 0.05) is 12.1 Å². The van der Waals surface area contributed by atoms with E-state index in [0.717, 1.165) is 32.1 Å². The Bertz CT molecular complexity index is 547. The molecule has 1 aliphatic carbocycles. The Morgan fingerprint density at radius 1 is 1.43 bits per heavy atom. The van der Waals surface area contributed by atoms with Crippen molar-refractivity contribution in [3.05, 3.63) is 29.3 Å². The molecule has 0 heterocycles. The molecular formula is C16H19ClN2O2. The molecule has 1 aliphatic rings. The third-order valence-electron chi connectivity index (χ3n) is 4.06. The Balaban J connectivity index is 1.97. The van der Waals surface area contributed by atoms with Gasteiger partial charge >= 0.3 is 0 Å². The van der Waals surface area contributed by atoms with Gasteiger partial charge in [-0.1, -0.05) is 36.9 Å². The zero-order chi connectivity index (χ0) is 15.3. The molecule has 1 aromatic rings. The summed E-state index contributed by atoms with van der Waals surface area (Å²) < 4.78 is 5.47. The number of hydrogen-bond donors (Lipinski definition) is 0. The zero-order valence-corrected chi connectivity index (χ0v) is 12.9. The number of carbonyl (C=O) groups excluding carboxylic acids is 1. The molecule has 0 unspecified atom stereocenters. The average molecular weight is 307 g/mol. The molecule has 1 amide bonds. The molecule has 0 bridgehead atoms. The summed E-state index contributed by atoms with van der Waals surface area (Å²) in [6.45, 7) is -0.0831. The van der Waals surface area contributed by atoms with E-state index in [1.165, 1.54) is 0 Å². The van der Waals surface area contributed by atoms with Gasteiger partial charge in [0.05, 0.1) is 6.07 Å². The van der Waals surface area contributed by atoms with Crippen LogP contribution in [0.1, 0.15) is 32.1 Å². The molecule has 5 heteroatoms. The van der Waals surface area contributed by atoms with Crippen molar-refractivity contribution in [3.63, 3.8) is 0 Å². The van der Waals surface area contributed by atoms with Gasteiger partial charge in [-0.05, 0) is 31.0 Å². The summed E-state index contributed by atoms with van der Waals surface area (Å²) in [5.41, 5.74) is -0.674. The molecule has 0 spiro atoms. The number of likely N-dealkylation sites (N-methyl/N-ethyl adjacent to an activating group) is 1. The first-order valence-electron chi connectivity index (χ1n) is 7.14. The predicted molar refractivity (Wildman–Crippen MR) is 81.1 cm³/mol. The highest BCUT2D eigenvalue weighted by Gasteiger charge is 2.38. The van der Waals surface area contributed by atoms with E-state index in [0.29, 0.717) is 10.8 Å². The summed E-state index contributed by atoms with van der Waals surface area (Å²) >= 11 is 5.87. The van der Waals surface area contributed by atoms with E-state index >= 15 is 0 Å². The van der Waals surface area contributed by atoms with Gasteiger partial charge in [-0.2, -0.15) is 5.26 Å². The molecule has 0 aromatic heterocycles. The lowest BCUT2D eigenvalue weighted by Crippen LogP contribution is -2.51. The minimum atomic E-state index is -0.674. The van der Waals surface area contributed by atoms with Crippen molar-refractivity contribution in [1.82, 2.24) is 4.90 Å². The third kappa shape index (κ3) is 3.68. The molecule has 0 aliphatic heterocycles. The first-order valence-corrected chi connectivity index (χ1v) is 7.51. The normalized spacial score (nSPS) is 16.8. The van der Waals surface area contributed by atoms with Crippen LogP contribution in [-0.2, 0) is 4.79 Å². The van der Waals surface area contributed by atoms with Crippen LogP contribution in [0.4, 0.5) is 0 Å². The molecule has 2 rings (SSSR count). The van der Waals surface area contributed by atoms with Crippen molar-refractivity contribution in [2.45, 2.75) is 37.6 Å². The maximum absolute atomic E-state index is 12.3. The SMILES string of the molecule is CN(C(=O)COc1cccc(Cl)c1)C1(C#N)CCCCC1. The van der Waals surface area contributed by atoms with E-state index < -0.39 is 5.54 Å². The Hall–Kier alpha value is -1.73. The number of ether oxygens (including phenoxy) is 1. The summed E-state index contributed by atoms with van der Waals surface area (Å²) in [6.07, 6.45) is 4.58. The van der Waals surface area contributed by atoms with E-state index in [1.54, 1.807) is 36.2 Å². The quantitative estimate of drug-likeness (QED) is 0.856. The second kappa shape index (κ2) is 6.82. The van der Waals surface area contributed by atoms with Crippen molar-refractivity contribution < 1.29 is 9.53 Å². The first kappa shape index (κ1) is 15.7. The van der Waals surface area contributed by atoms with Crippen LogP contribution >= 0.6 is 11.6 Å². The smallest absolute Gasteiger partial charge is 0.261 e. The number of hydrogen-bond acceptors (Lipinski definition) is 3. The molecule has 21 heavy (non-hydrogen) atoms. The minimum absolute atomic E-state index is 0.0831. The lowest BCUT2D eigenvalue weighted by Gasteiger charge is -2.38. The van der Waals surface area contributed by atoms with Crippen molar-refractivity contribution in [2.24, 2.45) is 0 Å². The van der Waals surface area contributed by atoms with Crippen molar-refractivity contribution in [2.75, 3.05) is 13.7 Å². The molecule has 0 radical (unpaired) electrons. The second-order valence-electron chi connectivity index (χ2n) is 5.40. The highest BCUT2D eigenvalue weighted by atomic mass is 35.5. The maximum Gasteiger partial charge on any atom is 0.261 e. The average Bonchev–Trinajstić information content (AvgIpc) is 2.52. The highest BCUT2D eigenvalue weighted by Crippen LogP contribution is 2.32. The van der Waals surface area contributed by atoms with Crippen LogP contribution in [0, 0.1) is 11.3 Å². The zero-order valence-electron chi connectivity index (χ0n) is 12.1. The van der Waals surface area contributed by atoms with E-state index in [-0.39, 0.29) is 12.5 Å². The lowest BCUT2D eigenvalue weighted by atomic mass is 9.81. The minimum Gasteiger partial charge on any atom is -0.484 e. The molecule has 1 aromatic carbocycles. The van der Waals surface area contributed by atoms with Crippen LogP contribution in [0.3, 0.4) is 0 Å². The fourth-order valence-corrected chi connectivity index (χ4v) is 2.88. The van der Waals surface area contributed by atoms with Gasteiger partial charge in [0.15, 0.2) is 6.61 Å². The predicted octanol–water partition coefficient (Wildman–Crippen LogP) is 3.40. The molecule has 0 saturated heterocycles. The maximum atomic E-state index is 12.3. The number of benzene rings is 1. The molecular weight excluding hydrogens is 288 g/mol. The number of rotatable bonds is 4. The monoisotopic (exact) mass is 306 g/mol. The summed E-state index contributed by atoms with van der Waals surface area (Å²) in [5, 5.41) is 10.0. The van der Waals surface area contributed by atoms with Crippen molar-refractivity contribution >= 4 is 17.5 Å². The van der Waals surface area contributed by atoms with Crippen LogP contribution in [-0.4, -0.2) is 30.0 Å². The Morgan fingerprint density at radius 3 is 2.76 bits per heavy atom. The molecule has 4 nitrogen and oxygen atoms in total. The highest BCUT2D eigenvalue weighted by molar-refractivity contribution is 6.30. The van der Waals surface area contributed by atoms with Gasteiger partial charge in [-0.25, -0.2) is 0 Å². The van der Waals surface area contributed by atoms with Crippen LogP contribution in [0.15, 0.2) is 24.3 Å². The Morgan fingerprint density at radius 2 is 2.14 bits per heavy atom. The van der Waals surface area contributed by atoms with Gasteiger partial charge in [0.1, 0.15) is 11.3 Å². The summed E-state index contributed by atoms with van der Waals surface area (Å²) in [6, 6.07) is 9.26. The molecule has 112 valence electrons. The first-order chi connectivity index (χ1) is 10.1. The Kier molecular flexibility index (Phi) is 5.08. The van der Waals surface area contributed by atoms with E-state index in [4.69, 9.17) is 16.3 Å². The van der Waals surface area contributed by atoms with Crippen LogP contribution in [0.5, 0.6) is 5.75 Å². The van der Waals surface area contributed by atoms with E-state index in [1.807, 2.05) is 0 Å². The summed E-state index contributed by atoms with van der Waals surface area (Å²) in [4.78, 5) is 13.8. The molecule has 1 fully saturated rings. The van der Waals surface area contributed by atoms with E-state index in [9.17, 15) is 10.1 Å². The van der Waals surface area contributed by atoms with E-state index in [2.05, 4.69) is 6.07 Å². The van der Waals surface area contributed by atoms with Gasteiger partial charge in [-0.3, -0.25) is 4.79 Å². The number of halogens is 1. The third-order valence-corrected chi connectivity index (χ3v) is 4.30. The van der Waals surface area contributed by atoms with Crippen LogP contribution in [0.25, 0.3) is 0 Å². The fourth-order valence-electron chi connectivity index (χ4n) is 2.70. The van der Waals surface area contributed by atoms with Gasteiger partial charge in [0.25, 0.3) is 5.91 Å². The van der Waals surface area contributed by atoms with Gasteiger partial charge < -0.3 is 9.64 Å². The van der Waals surface area contributed by atoms with Crippen molar-refractivity contribution in [3.8, 4) is 11.8 Å². The van der Waals surface area contributed by atoms with Gasteiger partial charge in [0.2, 0.25) is 0 Å². The van der Waals surface area contributed by atoms with Crippen molar-refractivity contribution in [1.29, 1.82) is 5.26 Å². The fraction of sp³-hybridized carbons (Fsp3) is 0.500. The largest absolute Gasteiger partial charge is 0.484 e. The standard InChI is InChI=1S/C16H19ClN2O2/c1-19(16(12-18)8-3-2-4-9-16)15(20)11-21-14-7-5-6-13(17)10-14/h5-7,10H,2-4,8-9,11H2,1H3. The topological polar surface area (TPSA) is 53.3 Å². The molecule has 1 saturated carbocycles. The number of nitrogens with zero attached hydrogens (tertiary/aromatic N) is 2. The Labute approximate surface area is 130 Å². The van der Waals surface area contributed by atoms with Gasteiger partial charge in [-0.15, -0.1) is 0 Å². The summed E-state index contributed by atoms with van der Waals surface area (Å²) in [7, 11) is 1.69. The second-order valence-corrected chi connectivity index (χ2v) is 5.84. The molecule has 0 atom stereocenters. The van der Waals surface area contributed by atoms with Crippen LogP contribution in [0.2, 0.25) is 5.02 Å². The van der Waals surface area contributed by atoms with Crippen LogP contribution < -0.4 is 4.74 Å². The molecule has 0 N–H and O–H groups in total. The number of carbonyl (C=O) groups is 1. The summed E-state index contributed by atoms with van der Waals surface area (Å²) in [5.74, 6) is 0.373. The lowest BCUT2D eigenvalue weighted by molar-refractivity contribution is -0.137. The number of nitriles is 1. The number of amides is 1.